The lowest BCUT2D eigenvalue weighted by atomic mass is 9.71. The highest BCUT2D eigenvalue weighted by atomic mass is 19.1. The van der Waals surface area contributed by atoms with E-state index in [2.05, 4.69) is 18.8 Å². The second kappa shape index (κ2) is 4.73. The summed E-state index contributed by atoms with van der Waals surface area (Å²) >= 11 is 0. The zero-order valence-electron chi connectivity index (χ0n) is 10.5. The van der Waals surface area contributed by atoms with Crippen LogP contribution in [0.1, 0.15) is 51.2 Å². The lowest BCUT2D eigenvalue weighted by Crippen LogP contribution is -2.25. The molecule has 0 radical (unpaired) electrons. The van der Waals surface area contributed by atoms with E-state index in [1.807, 2.05) is 0 Å². The predicted molar refractivity (Wildman–Crippen MR) is 64.9 cm³/mol. The molecule has 1 aromatic heterocycles. The molecule has 1 saturated carbocycles. The van der Waals surface area contributed by atoms with Crippen molar-refractivity contribution in [3.05, 3.63) is 29.8 Å². The van der Waals surface area contributed by atoms with Crippen LogP contribution in [0.25, 0.3) is 0 Å². The van der Waals surface area contributed by atoms with Crippen LogP contribution in [0.5, 0.6) is 0 Å². The molecule has 0 aliphatic heterocycles. The van der Waals surface area contributed by atoms with Crippen LogP contribution in [-0.2, 0) is 0 Å². The van der Waals surface area contributed by atoms with E-state index < -0.39 is 11.9 Å². The molecule has 17 heavy (non-hydrogen) atoms. The van der Waals surface area contributed by atoms with Crippen molar-refractivity contribution >= 4 is 0 Å². The van der Waals surface area contributed by atoms with Gasteiger partial charge in [0.25, 0.3) is 0 Å². The van der Waals surface area contributed by atoms with Crippen molar-refractivity contribution in [3.63, 3.8) is 0 Å². The second-order valence-corrected chi connectivity index (χ2v) is 5.84. The van der Waals surface area contributed by atoms with Gasteiger partial charge in [-0.25, -0.2) is 4.39 Å². The number of rotatable bonds is 2. The molecule has 0 aromatic carbocycles. The minimum absolute atomic E-state index is 0.180. The van der Waals surface area contributed by atoms with E-state index in [0.29, 0.717) is 11.0 Å². The molecule has 2 rings (SSSR count). The first-order chi connectivity index (χ1) is 7.99. The highest BCUT2D eigenvalue weighted by Gasteiger charge is 2.32. The lowest BCUT2D eigenvalue weighted by molar-refractivity contribution is 0.0542. The van der Waals surface area contributed by atoms with Gasteiger partial charge in [-0.1, -0.05) is 13.8 Å². The number of aliphatic hydroxyl groups is 1. The Balaban J connectivity index is 2.07. The van der Waals surface area contributed by atoms with E-state index in [1.165, 1.54) is 12.4 Å². The summed E-state index contributed by atoms with van der Waals surface area (Å²) in [6.07, 6.45) is 6.16. The minimum Gasteiger partial charge on any atom is -0.388 e. The molecule has 1 atom stereocenters. The average Bonchev–Trinajstić information content (AvgIpc) is 2.29. The summed E-state index contributed by atoms with van der Waals surface area (Å²) in [5.41, 5.74) is 0.761. The molecule has 1 aromatic rings. The normalized spacial score (nSPS) is 22.4. The van der Waals surface area contributed by atoms with Gasteiger partial charge in [0.05, 0.1) is 12.3 Å². The van der Waals surface area contributed by atoms with E-state index in [1.54, 1.807) is 6.07 Å². The Hall–Kier alpha value is -0.960. The van der Waals surface area contributed by atoms with Crippen LogP contribution in [0.2, 0.25) is 0 Å². The molecular weight excluding hydrogens is 217 g/mol. The Kier molecular flexibility index (Phi) is 3.48. The molecule has 1 aliphatic carbocycles. The number of nitrogens with zero attached hydrogens (tertiary/aromatic N) is 1. The van der Waals surface area contributed by atoms with Gasteiger partial charge in [-0.05, 0) is 43.1 Å². The maximum atomic E-state index is 13.5. The highest BCUT2D eigenvalue weighted by Crippen LogP contribution is 2.42. The molecule has 2 nitrogen and oxygen atoms in total. The monoisotopic (exact) mass is 237 g/mol. The molecule has 1 aliphatic rings. The zero-order valence-corrected chi connectivity index (χ0v) is 10.5. The standard InChI is InChI=1S/C14H20FNO/c1-14(2)6-3-10(4-7-14)13(17)11-5-8-16-9-12(11)15/h5,8-10,13,17H,3-4,6-7H2,1-2H3. The molecule has 94 valence electrons. The van der Waals surface area contributed by atoms with Crippen molar-refractivity contribution in [3.8, 4) is 0 Å². The van der Waals surface area contributed by atoms with Crippen molar-refractivity contribution < 1.29 is 9.50 Å². The largest absolute Gasteiger partial charge is 0.388 e. The molecule has 0 bridgehead atoms. The Morgan fingerprint density at radius 3 is 2.65 bits per heavy atom. The summed E-state index contributed by atoms with van der Waals surface area (Å²) in [5.74, 6) is -0.218. The SMILES string of the molecule is CC1(C)CCC(C(O)c2ccncc2F)CC1. The fourth-order valence-electron chi connectivity index (χ4n) is 2.62. The number of halogens is 1. The number of aliphatic hydroxyl groups excluding tert-OH is 1. The van der Waals surface area contributed by atoms with E-state index in [0.717, 1.165) is 25.7 Å². The predicted octanol–water partition coefficient (Wildman–Crippen LogP) is 3.47. The van der Waals surface area contributed by atoms with E-state index >= 15 is 0 Å². The van der Waals surface area contributed by atoms with Gasteiger partial charge in [-0.3, -0.25) is 4.98 Å². The van der Waals surface area contributed by atoms with E-state index in [9.17, 15) is 9.50 Å². The van der Waals surface area contributed by atoms with Gasteiger partial charge in [-0.2, -0.15) is 0 Å². The summed E-state index contributed by atoms with van der Waals surface area (Å²) < 4.78 is 13.5. The number of pyridine rings is 1. The van der Waals surface area contributed by atoms with Crippen LogP contribution >= 0.6 is 0 Å². The zero-order chi connectivity index (χ0) is 12.5. The second-order valence-electron chi connectivity index (χ2n) is 5.84. The van der Waals surface area contributed by atoms with Crippen molar-refractivity contribution in [2.24, 2.45) is 11.3 Å². The number of aromatic nitrogens is 1. The molecular formula is C14H20FNO. The maximum absolute atomic E-state index is 13.5. The van der Waals surface area contributed by atoms with Gasteiger partial charge >= 0.3 is 0 Å². The van der Waals surface area contributed by atoms with Gasteiger partial charge < -0.3 is 5.11 Å². The average molecular weight is 237 g/mol. The van der Waals surface area contributed by atoms with Crippen molar-refractivity contribution in [2.75, 3.05) is 0 Å². The van der Waals surface area contributed by atoms with Crippen molar-refractivity contribution in [2.45, 2.75) is 45.6 Å². The third-order valence-corrected chi connectivity index (χ3v) is 3.95. The Morgan fingerprint density at radius 2 is 2.06 bits per heavy atom. The number of hydrogen-bond donors (Lipinski definition) is 1. The van der Waals surface area contributed by atoms with Crippen LogP contribution in [-0.4, -0.2) is 10.1 Å². The summed E-state index contributed by atoms with van der Waals surface area (Å²) in [6.45, 7) is 4.51. The quantitative estimate of drug-likeness (QED) is 0.854. The Morgan fingerprint density at radius 1 is 1.41 bits per heavy atom. The van der Waals surface area contributed by atoms with Crippen molar-refractivity contribution in [1.29, 1.82) is 0 Å². The highest BCUT2D eigenvalue weighted by molar-refractivity contribution is 5.16. The molecule has 0 amide bonds. The summed E-state index contributed by atoms with van der Waals surface area (Å²) in [7, 11) is 0. The smallest absolute Gasteiger partial charge is 0.147 e. The Bertz CT molecular complexity index is 382. The fourth-order valence-corrected chi connectivity index (χ4v) is 2.62. The van der Waals surface area contributed by atoms with Gasteiger partial charge in [0, 0.05) is 11.8 Å². The molecule has 3 heteroatoms. The Labute approximate surface area is 102 Å². The van der Waals surface area contributed by atoms with Crippen molar-refractivity contribution in [1.82, 2.24) is 4.98 Å². The molecule has 1 heterocycles. The van der Waals surface area contributed by atoms with Crippen LogP contribution in [0.4, 0.5) is 4.39 Å². The lowest BCUT2D eigenvalue weighted by Gasteiger charge is -2.36. The third-order valence-electron chi connectivity index (χ3n) is 3.95. The number of hydrogen-bond acceptors (Lipinski definition) is 2. The van der Waals surface area contributed by atoms with Gasteiger partial charge in [-0.15, -0.1) is 0 Å². The van der Waals surface area contributed by atoms with Crippen LogP contribution in [0, 0.1) is 17.2 Å². The first kappa shape index (κ1) is 12.5. The van der Waals surface area contributed by atoms with Crippen LogP contribution in [0.15, 0.2) is 18.5 Å². The molecule has 0 spiro atoms. The molecule has 1 unspecified atom stereocenters. The molecule has 1 fully saturated rings. The first-order valence-corrected chi connectivity index (χ1v) is 6.27. The fraction of sp³-hybridized carbons (Fsp3) is 0.643. The van der Waals surface area contributed by atoms with Crippen LogP contribution in [0.3, 0.4) is 0 Å². The third kappa shape index (κ3) is 2.83. The summed E-state index contributed by atoms with van der Waals surface area (Å²) in [6, 6.07) is 1.58. The summed E-state index contributed by atoms with van der Waals surface area (Å²) in [5, 5.41) is 10.2. The minimum atomic E-state index is -0.686. The summed E-state index contributed by atoms with van der Waals surface area (Å²) in [4.78, 5) is 3.71. The van der Waals surface area contributed by atoms with E-state index in [-0.39, 0.29) is 5.92 Å². The first-order valence-electron chi connectivity index (χ1n) is 6.27. The topological polar surface area (TPSA) is 33.1 Å². The van der Waals surface area contributed by atoms with Crippen LogP contribution < -0.4 is 0 Å². The van der Waals surface area contributed by atoms with Gasteiger partial charge in [0.15, 0.2) is 0 Å². The van der Waals surface area contributed by atoms with E-state index in [4.69, 9.17) is 0 Å². The maximum Gasteiger partial charge on any atom is 0.147 e. The molecule has 0 saturated heterocycles. The molecule has 1 N–H and O–H groups in total. The van der Waals surface area contributed by atoms with Gasteiger partial charge in [0.1, 0.15) is 5.82 Å². The van der Waals surface area contributed by atoms with Gasteiger partial charge in [0.2, 0.25) is 0 Å².